The van der Waals surface area contributed by atoms with E-state index in [1.807, 2.05) is 0 Å². The summed E-state index contributed by atoms with van der Waals surface area (Å²) in [5, 5.41) is 10.6. The molecule has 0 amide bonds. The summed E-state index contributed by atoms with van der Waals surface area (Å²) in [5.74, 6) is 0. The SMILES string of the molecule is Cc1cc(C)c(B(c2c(C)cc(C)cc2C)c2ccc3ccc4c(-c5ccc6ccccc6c5)ccc5ccc2c3c54)c(C)c1. The van der Waals surface area contributed by atoms with Crippen LogP contribution in [0.15, 0.2) is 115 Å². The van der Waals surface area contributed by atoms with E-state index in [4.69, 9.17) is 0 Å². The highest BCUT2D eigenvalue weighted by Crippen LogP contribution is 2.39. The molecule has 1 heteroatoms. The van der Waals surface area contributed by atoms with Crippen LogP contribution in [0.25, 0.3) is 54.2 Å². The lowest BCUT2D eigenvalue weighted by atomic mass is 9.33. The van der Waals surface area contributed by atoms with E-state index >= 15 is 0 Å². The van der Waals surface area contributed by atoms with Crippen molar-refractivity contribution in [3.63, 3.8) is 0 Å². The van der Waals surface area contributed by atoms with Gasteiger partial charge in [-0.3, -0.25) is 0 Å². The van der Waals surface area contributed by atoms with Crippen molar-refractivity contribution in [3.05, 3.63) is 149 Å². The van der Waals surface area contributed by atoms with E-state index in [0.717, 1.165) is 0 Å². The Labute approximate surface area is 266 Å². The Bertz CT molecular complexity index is 2340. The lowest BCUT2D eigenvalue weighted by Gasteiger charge is -2.26. The molecule has 0 aliphatic rings. The number of aryl methyl sites for hydroxylation is 6. The van der Waals surface area contributed by atoms with Gasteiger partial charge in [0.15, 0.2) is 0 Å². The van der Waals surface area contributed by atoms with Crippen LogP contribution < -0.4 is 16.4 Å². The van der Waals surface area contributed by atoms with Gasteiger partial charge in [0.05, 0.1) is 0 Å². The zero-order valence-electron chi connectivity index (χ0n) is 27.0. The van der Waals surface area contributed by atoms with Gasteiger partial charge in [-0.25, -0.2) is 0 Å². The largest absolute Gasteiger partial charge is 0.243 e. The first kappa shape index (κ1) is 27.7. The lowest BCUT2D eigenvalue weighted by Crippen LogP contribution is -2.56. The molecule has 0 fully saturated rings. The molecular weight excluding hydrogens is 539 g/mol. The molecule has 0 unspecified atom stereocenters. The monoisotopic (exact) mass is 576 g/mol. The number of hydrogen-bond donors (Lipinski definition) is 0. The molecule has 8 rings (SSSR count). The van der Waals surface area contributed by atoms with Crippen LogP contribution in [-0.4, -0.2) is 6.71 Å². The molecular formula is C44H37B. The van der Waals surface area contributed by atoms with Crippen molar-refractivity contribution in [1.82, 2.24) is 0 Å². The topological polar surface area (TPSA) is 0 Å². The fourth-order valence-electron chi connectivity index (χ4n) is 8.43. The second-order valence-electron chi connectivity index (χ2n) is 13.3. The molecule has 45 heavy (non-hydrogen) atoms. The maximum Gasteiger partial charge on any atom is 0.243 e. The Morgan fingerprint density at radius 3 is 1.51 bits per heavy atom. The normalized spacial score (nSPS) is 11.8. The number of fused-ring (bicyclic) bond motifs is 1. The molecule has 0 bridgehead atoms. The molecule has 216 valence electrons. The summed E-state index contributed by atoms with van der Waals surface area (Å²) in [5.41, 5.74) is 14.9. The minimum absolute atomic E-state index is 0.135. The lowest BCUT2D eigenvalue weighted by molar-refractivity contribution is 1.34. The summed E-state index contributed by atoms with van der Waals surface area (Å²) in [6.45, 7) is 13.8. The van der Waals surface area contributed by atoms with E-state index in [9.17, 15) is 0 Å². The van der Waals surface area contributed by atoms with E-state index in [1.54, 1.807) is 0 Å². The molecule has 8 aromatic carbocycles. The average Bonchev–Trinajstić information content (AvgIpc) is 3.01. The van der Waals surface area contributed by atoms with Crippen LogP contribution in [0.4, 0.5) is 0 Å². The Morgan fingerprint density at radius 2 is 0.889 bits per heavy atom. The first-order valence-electron chi connectivity index (χ1n) is 16.1. The third-order valence-corrected chi connectivity index (χ3v) is 10.1. The maximum atomic E-state index is 2.41. The molecule has 0 aromatic heterocycles. The maximum absolute atomic E-state index is 2.41. The molecule has 0 aliphatic heterocycles. The van der Waals surface area contributed by atoms with Gasteiger partial charge in [0, 0.05) is 0 Å². The van der Waals surface area contributed by atoms with Crippen LogP contribution in [-0.2, 0) is 0 Å². The van der Waals surface area contributed by atoms with Gasteiger partial charge in [-0.05, 0) is 102 Å². The summed E-state index contributed by atoms with van der Waals surface area (Å²) in [6, 6.07) is 43.8. The Balaban J connectivity index is 1.45. The first-order chi connectivity index (χ1) is 21.8. The molecule has 0 spiro atoms. The van der Waals surface area contributed by atoms with Crippen molar-refractivity contribution in [1.29, 1.82) is 0 Å². The predicted molar refractivity (Wildman–Crippen MR) is 199 cm³/mol. The van der Waals surface area contributed by atoms with E-state index < -0.39 is 0 Å². The van der Waals surface area contributed by atoms with Crippen molar-refractivity contribution in [2.45, 2.75) is 41.5 Å². The second kappa shape index (κ2) is 10.4. The minimum Gasteiger partial charge on any atom is -0.0657 e. The van der Waals surface area contributed by atoms with Crippen molar-refractivity contribution in [2.24, 2.45) is 0 Å². The highest BCUT2D eigenvalue weighted by atomic mass is 14.2. The molecule has 0 saturated carbocycles. The molecule has 8 aromatic rings. The first-order valence-corrected chi connectivity index (χ1v) is 16.1. The van der Waals surface area contributed by atoms with Crippen molar-refractivity contribution in [2.75, 3.05) is 0 Å². The fraction of sp³-hybridized carbons (Fsp3) is 0.136. The standard InChI is InChI=1S/C44H37B/c1-26-21-28(3)43(29(4)22-26)45(44-30(5)23-27(2)24-31(44)6)40-20-16-34-14-18-38-37(17-13-33-15-19-39(40)42(34)41(33)38)36-12-11-32-9-7-8-10-35(32)25-36/h7-25H,1-6H3. The Hall–Kier alpha value is -4.88. The van der Waals surface area contributed by atoms with Crippen LogP contribution in [0.5, 0.6) is 0 Å². The van der Waals surface area contributed by atoms with Gasteiger partial charge in [-0.15, -0.1) is 0 Å². The van der Waals surface area contributed by atoms with Gasteiger partial charge in [-0.1, -0.05) is 159 Å². The zero-order chi connectivity index (χ0) is 31.0. The second-order valence-corrected chi connectivity index (χ2v) is 13.3. The van der Waals surface area contributed by atoms with Gasteiger partial charge in [-0.2, -0.15) is 0 Å². The van der Waals surface area contributed by atoms with Crippen LogP contribution in [0.1, 0.15) is 33.4 Å². The predicted octanol–water partition coefficient (Wildman–Crippen LogP) is 9.77. The van der Waals surface area contributed by atoms with Crippen LogP contribution >= 0.6 is 0 Å². The highest BCUT2D eigenvalue weighted by molar-refractivity contribution is 6.98. The molecule has 0 aliphatic carbocycles. The third-order valence-electron chi connectivity index (χ3n) is 10.1. The van der Waals surface area contributed by atoms with Gasteiger partial charge in [0.2, 0.25) is 6.71 Å². The van der Waals surface area contributed by atoms with Crippen molar-refractivity contribution >= 4 is 66.2 Å². The number of benzene rings is 8. The van der Waals surface area contributed by atoms with Crippen molar-refractivity contribution in [3.8, 4) is 11.1 Å². The smallest absolute Gasteiger partial charge is 0.0657 e. The zero-order valence-corrected chi connectivity index (χ0v) is 27.0. The summed E-state index contributed by atoms with van der Waals surface area (Å²) in [6.07, 6.45) is 0. The fourth-order valence-corrected chi connectivity index (χ4v) is 8.43. The van der Waals surface area contributed by atoms with Crippen LogP contribution in [0.2, 0.25) is 0 Å². The Kier molecular flexibility index (Phi) is 6.36. The molecule has 0 radical (unpaired) electrons. The quantitative estimate of drug-likeness (QED) is 0.145. The third kappa shape index (κ3) is 4.37. The van der Waals surface area contributed by atoms with Gasteiger partial charge in [0.25, 0.3) is 0 Å². The average molecular weight is 577 g/mol. The molecule has 0 N–H and O–H groups in total. The minimum atomic E-state index is 0.135. The number of rotatable bonds is 4. The van der Waals surface area contributed by atoms with Gasteiger partial charge < -0.3 is 0 Å². The number of hydrogen-bond acceptors (Lipinski definition) is 0. The van der Waals surface area contributed by atoms with E-state index in [1.165, 1.54) is 104 Å². The Morgan fingerprint density at radius 1 is 0.400 bits per heavy atom. The molecule has 0 saturated heterocycles. The molecule has 0 atom stereocenters. The summed E-state index contributed by atoms with van der Waals surface area (Å²) in [7, 11) is 0. The van der Waals surface area contributed by atoms with E-state index in [-0.39, 0.29) is 6.71 Å². The van der Waals surface area contributed by atoms with Gasteiger partial charge >= 0.3 is 0 Å². The summed E-state index contributed by atoms with van der Waals surface area (Å²) < 4.78 is 0. The van der Waals surface area contributed by atoms with Crippen molar-refractivity contribution < 1.29 is 0 Å². The summed E-state index contributed by atoms with van der Waals surface area (Å²) in [4.78, 5) is 0. The summed E-state index contributed by atoms with van der Waals surface area (Å²) >= 11 is 0. The van der Waals surface area contributed by atoms with Gasteiger partial charge in [0.1, 0.15) is 0 Å². The van der Waals surface area contributed by atoms with E-state index in [2.05, 4.69) is 157 Å². The van der Waals surface area contributed by atoms with Crippen LogP contribution in [0, 0.1) is 41.5 Å². The molecule has 0 heterocycles. The van der Waals surface area contributed by atoms with E-state index in [0.29, 0.717) is 0 Å². The van der Waals surface area contributed by atoms with Crippen LogP contribution in [0.3, 0.4) is 0 Å². The highest BCUT2D eigenvalue weighted by Gasteiger charge is 2.30. The molecule has 0 nitrogen and oxygen atoms in total.